The molecule has 29 heavy (non-hydrogen) atoms. The molecule has 158 valence electrons. The van der Waals surface area contributed by atoms with Crippen LogP contribution in [0.1, 0.15) is 58.0 Å². The van der Waals surface area contributed by atoms with Gasteiger partial charge in [-0.1, -0.05) is 12.1 Å². The lowest BCUT2D eigenvalue weighted by Gasteiger charge is -2.38. The number of nitrogens with zero attached hydrogens (tertiary/aromatic N) is 4. The van der Waals surface area contributed by atoms with E-state index in [0.717, 1.165) is 24.3 Å². The minimum absolute atomic E-state index is 0.0543. The molecule has 1 unspecified atom stereocenters. The Hall–Kier alpha value is -2.41. The standard InChI is InChI=1S/C22H31FN4O2/c1-16(18-6-8-19(23)9-7-18)27-15-24-14-20(27)17(2)25-10-12-26(13-11-25)21(28)29-22(3,4)5/h6-9,14-17H,10-13H2,1-5H3/t16-,17?/m1/s1. The molecule has 0 bridgehead atoms. The lowest BCUT2D eigenvalue weighted by molar-refractivity contribution is 0.0107. The first-order valence-corrected chi connectivity index (χ1v) is 10.1. The van der Waals surface area contributed by atoms with Crippen LogP contribution < -0.4 is 0 Å². The summed E-state index contributed by atoms with van der Waals surface area (Å²) in [6.07, 6.45) is 3.47. The molecule has 0 N–H and O–H groups in total. The topological polar surface area (TPSA) is 50.6 Å². The van der Waals surface area contributed by atoms with Gasteiger partial charge in [0, 0.05) is 38.4 Å². The molecule has 2 heterocycles. The average Bonchev–Trinajstić information content (AvgIpc) is 3.16. The van der Waals surface area contributed by atoms with Crippen molar-refractivity contribution in [2.75, 3.05) is 26.2 Å². The molecule has 1 amide bonds. The van der Waals surface area contributed by atoms with Crippen molar-refractivity contribution in [2.24, 2.45) is 0 Å². The molecule has 1 aromatic heterocycles. The quantitative estimate of drug-likeness (QED) is 0.767. The van der Waals surface area contributed by atoms with Gasteiger partial charge in [0.1, 0.15) is 11.4 Å². The fourth-order valence-corrected chi connectivity index (χ4v) is 3.67. The first kappa shape index (κ1) is 21.3. The third-order valence-electron chi connectivity index (χ3n) is 5.41. The summed E-state index contributed by atoms with van der Waals surface area (Å²) in [6, 6.07) is 6.81. The molecule has 1 saturated heterocycles. The monoisotopic (exact) mass is 402 g/mol. The number of hydrogen-bond acceptors (Lipinski definition) is 4. The zero-order valence-corrected chi connectivity index (χ0v) is 17.9. The SMILES string of the molecule is CC(c1cncn1[C@H](C)c1ccc(F)cc1)N1CCN(C(=O)OC(C)(C)C)CC1. The van der Waals surface area contributed by atoms with Crippen molar-refractivity contribution in [1.82, 2.24) is 19.4 Å². The van der Waals surface area contributed by atoms with Crippen molar-refractivity contribution in [1.29, 1.82) is 0 Å². The molecule has 6 nitrogen and oxygen atoms in total. The second kappa shape index (κ2) is 8.53. The highest BCUT2D eigenvalue weighted by atomic mass is 19.1. The number of ether oxygens (including phenoxy) is 1. The second-order valence-electron chi connectivity index (χ2n) is 8.63. The minimum atomic E-state index is -0.482. The van der Waals surface area contributed by atoms with Crippen molar-refractivity contribution in [3.05, 3.63) is 53.9 Å². The fraction of sp³-hybridized carbons (Fsp3) is 0.545. The van der Waals surface area contributed by atoms with Gasteiger partial charge in [-0.15, -0.1) is 0 Å². The van der Waals surface area contributed by atoms with E-state index in [9.17, 15) is 9.18 Å². The number of piperazine rings is 1. The zero-order valence-electron chi connectivity index (χ0n) is 17.9. The number of amides is 1. The van der Waals surface area contributed by atoms with Gasteiger partial charge in [-0.2, -0.15) is 0 Å². The number of carbonyl (C=O) groups excluding carboxylic acids is 1. The average molecular weight is 403 g/mol. The third kappa shape index (κ3) is 5.15. The highest BCUT2D eigenvalue weighted by Crippen LogP contribution is 2.27. The molecule has 0 spiro atoms. The molecule has 1 aliphatic heterocycles. The number of benzene rings is 1. The maximum Gasteiger partial charge on any atom is 0.410 e. The smallest absolute Gasteiger partial charge is 0.410 e. The highest BCUT2D eigenvalue weighted by molar-refractivity contribution is 5.68. The lowest BCUT2D eigenvalue weighted by atomic mass is 10.1. The van der Waals surface area contributed by atoms with Crippen LogP contribution in [-0.2, 0) is 4.74 Å². The maximum atomic E-state index is 13.3. The molecule has 2 atom stereocenters. The highest BCUT2D eigenvalue weighted by Gasteiger charge is 2.29. The minimum Gasteiger partial charge on any atom is -0.444 e. The van der Waals surface area contributed by atoms with Crippen molar-refractivity contribution < 1.29 is 13.9 Å². The van der Waals surface area contributed by atoms with Gasteiger partial charge in [0.05, 0.1) is 18.1 Å². The van der Waals surface area contributed by atoms with Crippen molar-refractivity contribution in [3.8, 4) is 0 Å². The summed E-state index contributed by atoms with van der Waals surface area (Å²) in [4.78, 5) is 20.8. The number of aromatic nitrogens is 2. The summed E-state index contributed by atoms with van der Waals surface area (Å²) in [5, 5.41) is 0. The van der Waals surface area contributed by atoms with E-state index in [0.29, 0.717) is 13.1 Å². The molecule has 2 aromatic rings. The van der Waals surface area contributed by atoms with Gasteiger partial charge in [-0.3, -0.25) is 4.90 Å². The molecule has 1 aromatic carbocycles. The molecule has 1 aliphatic rings. The van der Waals surface area contributed by atoms with Gasteiger partial charge in [0.25, 0.3) is 0 Å². The van der Waals surface area contributed by atoms with Crippen LogP contribution in [0.4, 0.5) is 9.18 Å². The van der Waals surface area contributed by atoms with Gasteiger partial charge < -0.3 is 14.2 Å². The first-order chi connectivity index (χ1) is 13.7. The Bertz CT molecular complexity index is 820. The second-order valence-corrected chi connectivity index (χ2v) is 8.63. The predicted octanol–water partition coefficient (Wildman–Crippen LogP) is 4.25. The fourth-order valence-electron chi connectivity index (χ4n) is 3.67. The Kier molecular flexibility index (Phi) is 6.27. The largest absolute Gasteiger partial charge is 0.444 e. The van der Waals surface area contributed by atoms with Gasteiger partial charge in [-0.05, 0) is 52.3 Å². The Morgan fingerprint density at radius 2 is 1.69 bits per heavy atom. The van der Waals surface area contributed by atoms with Gasteiger partial charge >= 0.3 is 6.09 Å². The number of rotatable bonds is 4. The van der Waals surface area contributed by atoms with E-state index in [1.165, 1.54) is 12.1 Å². The normalized spacial score (nSPS) is 17.8. The lowest BCUT2D eigenvalue weighted by Crippen LogP contribution is -2.50. The zero-order chi connectivity index (χ0) is 21.2. The Morgan fingerprint density at radius 3 is 2.28 bits per heavy atom. The predicted molar refractivity (Wildman–Crippen MR) is 110 cm³/mol. The molecule has 7 heteroatoms. The number of halogens is 1. The number of imidazole rings is 1. The summed E-state index contributed by atoms with van der Waals surface area (Å²) in [6.45, 7) is 12.7. The third-order valence-corrected chi connectivity index (χ3v) is 5.41. The molecule has 3 rings (SSSR count). The van der Waals surface area contributed by atoms with E-state index in [4.69, 9.17) is 4.74 Å². The summed E-state index contributed by atoms with van der Waals surface area (Å²) in [5.41, 5.74) is 1.66. The van der Waals surface area contributed by atoms with Crippen molar-refractivity contribution in [3.63, 3.8) is 0 Å². The van der Waals surface area contributed by atoms with Crippen molar-refractivity contribution >= 4 is 6.09 Å². The van der Waals surface area contributed by atoms with Crippen LogP contribution in [0.2, 0.25) is 0 Å². The van der Waals surface area contributed by atoms with Crippen LogP contribution >= 0.6 is 0 Å². The van der Waals surface area contributed by atoms with Crippen LogP contribution in [0.15, 0.2) is 36.8 Å². The van der Waals surface area contributed by atoms with E-state index in [1.807, 2.05) is 45.4 Å². The van der Waals surface area contributed by atoms with Crippen LogP contribution in [0.25, 0.3) is 0 Å². The Labute approximate surface area is 172 Å². The molecule has 0 aliphatic carbocycles. The summed E-state index contributed by atoms with van der Waals surface area (Å²) >= 11 is 0. The van der Waals surface area contributed by atoms with Gasteiger partial charge in [0.15, 0.2) is 0 Å². The molecular weight excluding hydrogens is 371 g/mol. The molecule has 0 radical (unpaired) electrons. The molecule has 0 saturated carbocycles. The number of hydrogen-bond donors (Lipinski definition) is 0. The van der Waals surface area contributed by atoms with Crippen LogP contribution in [0.3, 0.4) is 0 Å². The van der Waals surface area contributed by atoms with E-state index in [-0.39, 0.29) is 24.0 Å². The first-order valence-electron chi connectivity index (χ1n) is 10.1. The summed E-state index contributed by atoms with van der Waals surface area (Å²) in [5.74, 6) is -0.233. The van der Waals surface area contributed by atoms with Crippen LogP contribution in [0.5, 0.6) is 0 Å². The Balaban J connectivity index is 1.65. The molecule has 1 fully saturated rings. The summed E-state index contributed by atoms with van der Waals surface area (Å²) < 4.78 is 20.9. The van der Waals surface area contributed by atoms with Gasteiger partial charge in [-0.25, -0.2) is 14.2 Å². The van der Waals surface area contributed by atoms with E-state index >= 15 is 0 Å². The van der Waals surface area contributed by atoms with Crippen LogP contribution in [0, 0.1) is 5.82 Å². The van der Waals surface area contributed by atoms with E-state index < -0.39 is 5.60 Å². The van der Waals surface area contributed by atoms with E-state index in [1.54, 1.807) is 4.90 Å². The summed E-state index contributed by atoms with van der Waals surface area (Å²) in [7, 11) is 0. The maximum absolute atomic E-state index is 13.3. The number of carbonyl (C=O) groups is 1. The van der Waals surface area contributed by atoms with E-state index in [2.05, 4.69) is 28.3 Å². The van der Waals surface area contributed by atoms with Gasteiger partial charge in [0.2, 0.25) is 0 Å². The van der Waals surface area contributed by atoms with Crippen LogP contribution in [-0.4, -0.2) is 57.2 Å². The molecular formula is C22H31FN4O2. The van der Waals surface area contributed by atoms with Crippen molar-refractivity contribution in [2.45, 2.75) is 52.3 Å². The Morgan fingerprint density at radius 1 is 1.07 bits per heavy atom.